The molecule has 1 fully saturated rings. The van der Waals surface area contributed by atoms with Crippen molar-refractivity contribution < 1.29 is 4.39 Å². The van der Waals surface area contributed by atoms with Gasteiger partial charge in [-0.1, -0.05) is 13.8 Å². The minimum absolute atomic E-state index is 0.0625. The molecule has 0 aromatic heterocycles. The Kier molecular flexibility index (Phi) is 1.34. The summed E-state index contributed by atoms with van der Waals surface area (Å²) in [6.07, 6.45) is 2.78. The molecule has 54 valence electrons. The maximum Gasteiger partial charge on any atom is 0.114 e. The van der Waals surface area contributed by atoms with Gasteiger partial charge in [0.25, 0.3) is 0 Å². The first-order chi connectivity index (χ1) is 4.08. The van der Waals surface area contributed by atoms with Crippen LogP contribution in [-0.4, -0.2) is 5.67 Å². The van der Waals surface area contributed by atoms with E-state index in [1.165, 1.54) is 0 Å². The smallest absolute Gasteiger partial charge is 0.114 e. The predicted molar refractivity (Wildman–Crippen MR) is 37.1 cm³/mol. The Morgan fingerprint density at radius 2 is 1.67 bits per heavy atom. The van der Waals surface area contributed by atoms with Crippen LogP contribution < -0.4 is 0 Å². The zero-order chi connectivity index (χ0) is 7.12. The molecule has 1 rings (SSSR count). The van der Waals surface area contributed by atoms with Crippen molar-refractivity contribution in [1.29, 1.82) is 0 Å². The molecule has 9 heavy (non-hydrogen) atoms. The average Bonchev–Trinajstić information content (AvgIpc) is 2.35. The van der Waals surface area contributed by atoms with Gasteiger partial charge in [-0.05, 0) is 26.2 Å². The lowest BCUT2D eigenvalue weighted by molar-refractivity contribution is 0.235. The van der Waals surface area contributed by atoms with Gasteiger partial charge in [0, 0.05) is 5.41 Å². The lowest BCUT2D eigenvalue weighted by Gasteiger charge is -2.11. The summed E-state index contributed by atoms with van der Waals surface area (Å²) in [4.78, 5) is 0. The zero-order valence-corrected chi connectivity index (χ0v) is 6.50. The SMILES string of the molecule is CCC1(CC)CC1(C)F. The number of halogens is 1. The molecular formula is C8H15F. The summed E-state index contributed by atoms with van der Waals surface area (Å²) < 4.78 is 13.1. The number of rotatable bonds is 2. The Hall–Kier alpha value is -0.0700. The van der Waals surface area contributed by atoms with Gasteiger partial charge in [-0.3, -0.25) is 0 Å². The van der Waals surface area contributed by atoms with Crippen molar-refractivity contribution in [3.8, 4) is 0 Å². The van der Waals surface area contributed by atoms with E-state index in [1.54, 1.807) is 6.92 Å². The third kappa shape index (κ3) is 0.778. The lowest BCUT2D eigenvalue weighted by Crippen LogP contribution is -2.09. The van der Waals surface area contributed by atoms with Crippen LogP contribution in [0.3, 0.4) is 0 Å². The fraction of sp³-hybridized carbons (Fsp3) is 1.00. The van der Waals surface area contributed by atoms with E-state index in [9.17, 15) is 4.39 Å². The molecule has 0 bridgehead atoms. The van der Waals surface area contributed by atoms with Crippen LogP contribution in [0.25, 0.3) is 0 Å². The van der Waals surface area contributed by atoms with Gasteiger partial charge in [-0.15, -0.1) is 0 Å². The quantitative estimate of drug-likeness (QED) is 0.539. The van der Waals surface area contributed by atoms with Crippen molar-refractivity contribution in [1.82, 2.24) is 0 Å². The predicted octanol–water partition coefficient (Wildman–Crippen LogP) is 2.92. The fourth-order valence-corrected chi connectivity index (χ4v) is 1.83. The van der Waals surface area contributed by atoms with Crippen LogP contribution in [0.2, 0.25) is 0 Å². The maximum atomic E-state index is 13.1. The summed E-state index contributed by atoms with van der Waals surface area (Å²) in [6, 6.07) is 0. The Morgan fingerprint density at radius 3 is 1.67 bits per heavy atom. The van der Waals surface area contributed by atoms with Gasteiger partial charge < -0.3 is 0 Å². The van der Waals surface area contributed by atoms with Gasteiger partial charge in [0.15, 0.2) is 0 Å². The van der Waals surface area contributed by atoms with E-state index in [1.807, 2.05) is 0 Å². The van der Waals surface area contributed by atoms with Gasteiger partial charge in [0.1, 0.15) is 5.67 Å². The molecule has 0 heterocycles. The largest absolute Gasteiger partial charge is 0.244 e. The number of alkyl halides is 1. The summed E-state index contributed by atoms with van der Waals surface area (Å²) >= 11 is 0. The van der Waals surface area contributed by atoms with Crippen LogP contribution in [0, 0.1) is 5.41 Å². The molecule has 1 aliphatic rings. The fourth-order valence-electron chi connectivity index (χ4n) is 1.83. The molecule has 1 heteroatoms. The second kappa shape index (κ2) is 1.71. The summed E-state index contributed by atoms with van der Waals surface area (Å²) in [5.74, 6) is 0. The van der Waals surface area contributed by atoms with Crippen LogP contribution in [-0.2, 0) is 0 Å². The molecule has 0 radical (unpaired) electrons. The molecule has 0 aliphatic heterocycles. The normalized spacial score (nSPS) is 38.7. The minimum atomic E-state index is -0.837. The maximum absolute atomic E-state index is 13.1. The molecule has 0 N–H and O–H groups in total. The first kappa shape index (κ1) is 7.04. The zero-order valence-electron chi connectivity index (χ0n) is 6.50. The molecular weight excluding hydrogens is 115 g/mol. The molecule has 0 nitrogen and oxygen atoms in total. The number of hydrogen-bond acceptors (Lipinski definition) is 0. The molecule has 1 aliphatic carbocycles. The van der Waals surface area contributed by atoms with E-state index in [0.29, 0.717) is 0 Å². The molecule has 0 amide bonds. The van der Waals surface area contributed by atoms with E-state index < -0.39 is 5.67 Å². The van der Waals surface area contributed by atoms with Crippen LogP contribution in [0.4, 0.5) is 4.39 Å². The molecule has 1 saturated carbocycles. The third-order valence-corrected chi connectivity index (χ3v) is 3.00. The van der Waals surface area contributed by atoms with Gasteiger partial charge in [0.05, 0.1) is 0 Å². The first-order valence-electron chi connectivity index (χ1n) is 3.77. The third-order valence-electron chi connectivity index (χ3n) is 3.00. The van der Waals surface area contributed by atoms with Crippen molar-refractivity contribution >= 4 is 0 Å². The lowest BCUT2D eigenvalue weighted by atomic mass is 9.97. The van der Waals surface area contributed by atoms with Gasteiger partial charge in [-0.25, -0.2) is 4.39 Å². The van der Waals surface area contributed by atoms with E-state index in [0.717, 1.165) is 19.3 Å². The highest BCUT2D eigenvalue weighted by atomic mass is 19.1. The molecule has 1 atom stereocenters. The topological polar surface area (TPSA) is 0 Å². The van der Waals surface area contributed by atoms with E-state index in [2.05, 4.69) is 13.8 Å². The number of hydrogen-bond donors (Lipinski definition) is 0. The van der Waals surface area contributed by atoms with Crippen LogP contribution >= 0.6 is 0 Å². The standard InChI is InChI=1S/C8H15F/c1-4-8(5-2)6-7(8,3)9/h4-6H2,1-3H3. The van der Waals surface area contributed by atoms with Gasteiger partial charge in [-0.2, -0.15) is 0 Å². The van der Waals surface area contributed by atoms with Crippen molar-refractivity contribution in [3.05, 3.63) is 0 Å². The van der Waals surface area contributed by atoms with Crippen molar-refractivity contribution in [2.24, 2.45) is 5.41 Å². The van der Waals surface area contributed by atoms with Crippen LogP contribution in [0.1, 0.15) is 40.0 Å². The van der Waals surface area contributed by atoms with Crippen molar-refractivity contribution in [2.75, 3.05) is 0 Å². The monoisotopic (exact) mass is 130 g/mol. The second-order valence-corrected chi connectivity index (χ2v) is 3.36. The van der Waals surface area contributed by atoms with Crippen LogP contribution in [0.5, 0.6) is 0 Å². The average molecular weight is 130 g/mol. The Morgan fingerprint density at radius 1 is 1.33 bits per heavy atom. The Bertz CT molecular complexity index is 112. The molecule has 0 saturated heterocycles. The molecule has 1 unspecified atom stereocenters. The van der Waals surface area contributed by atoms with E-state index in [-0.39, 0.29) is 5.41 Å². The summed E-state index contributed by atoms with van der Waals surface area (Å²) in [7, 11) is 0. The Labute approximate surface area is 56.5 Å². The molecule has 0 aromatic rings. The summed E-state index contributed by atoms with van der Waals surface area (Å²) in [5.41, 5.74) is -0.774. The Balaban J connectivity index is 2.57. The van der Waals surface area contributed by atoms with E-state index >= 15 is 0 Å². The summed E-state index contributed by atoms with van der Waals surface area (Å²) in [5, 5.41) is 0. The van der Waals surface area contributed by atoms with Crippen LogP contribution in [0.15, 0.2) is 0 Å². The molecule has 0 aromatic carbocycles. The summed E-state index contributed by atoms with van der Waals surface area (Å²) in [6.45, 7) is 5.88. The van der Waals surface area contributed by atoms with Gasteiger partial charge in [0.2, 0.25) is 0 Å². The highest BCUT2D eigenvalue weighted by molar-refractivity contribution is 5.12. The van der Waals surface area contributed by atoms with Crippen molar-refractivity contribution in [3.63, 3.8) is 0 Å². The van der Waals surface area contributed by atoms with Gasteiger partial charge >= 0.3 is 0 Å². The molecule has 0 spiro atoms. The highest BCUT2D eigenvalue weighted by Crippen LogP contribution is 2.63. The first-order valence-corrected chi connectivity index (χ1v) is 3.77. The van der Waals surface area contributed by atoms with Crippen molar-refractivity contribution in [2.45, 2.75) is 45.7 Å². The second-order valence-electron chi connectivity index (χ2n) is 3.36. The van der Waals surface area contributed by atoms with E-state index in [4.69, 9.17) is 0 Å². The highest BCUT2D eigenvalue weighted by Gasteiger charge is 2.62. The minimum Gasteiger partial charge on any atom is -0.244 e.